The Kier molecular flexibility index (Phi) is 4.69. The Bertz CT molecular complexity index is 224. The van der Waals surface area contributed by atoms with Crippen molar-refractivity contribution in [3.63, 3.8) is 0 Å². The normalized spacial score (nSPS) is 8.00. The summed E-state index contributed by atoms with van der Waals surface area (Å²) in [6, 6.07) is 8.83. The summed E-state index contributed by atoms with van der Waals surface area (Å²) < 4.78 is 0. The molecular formula is C10H9Li. The molecule has 0 amide bonds. The van der Waals surface area contributed by atoms with Crippen molar-refractivity contribution in [3.8, 4) is 0 Å². The third-order valence-corrected chi connectivity index (χ3v) is 1.35. The van der Waals surface area contributed by atoms with Gasteiger partial charge in [-0.15, -0.1) is 60.7 Å². The van der Waals surface area contributed by atoms with Gasteiger partial charge >= 0.3 is 18.9 Å². The van der Waals surface area contributed by atoms with E-state index in [0.717, 1.165) is 11.1 Å². The zero-order valence-corrected chi connectivity index (χ0v) is 6.80. The van der Waals surface area contributed by atoms with E-state index >= 15 is 0 Å². The van der Waals surface area contributed by atoms with Crippen LogP contribution in [-0.2, 0) is 0 Å². The summed E-state index contributed by atoms with van der Waals surface area (Å²) in [5.74, 6) is 0. The fraction of sp³-hybridized carbons (Fsp3) is 0. The van der Waals surface area contributed by atoms with Gasteiger partial charge in [-0.25, -0.2) is 0 Å². The predicted molar refractivity (Wildman–Crippen MR) is 45.5 cm³/mol. The second-order valence-corrected chi connectivity index (χ2v) is 1.95. The molecule has 0 radical (unpaired) electrons. The molecule has 50 valence electrons. The molecular weight excluding hydrogens is 127 g/mol. The first-order valence-electron chi connectivity index (χ1n) is 3.14. The maximum Gasteiger partial charge on any atom is 1.00 e. The quantitative estimate of drug-likeness (QED) is 0.389. The van der Waals surface area contributed by atoms with Crippen molar-refractivity contribution >= 4 is 12.2 Å². The Hall–Kier alpha value is -0.703. The zero-order valence-electron chi connectivity index (χ0n) is 6.80. The number of rotatable bonds is 2. The van der Waals surface area contributed by atoms with E-state index in [1.54, 1.807) is 12.2 Å². The molecule has 0 nitrogen and oxygen atoms in total. The third kappa shape index (κ3) is 2.42. The van der Waals surface area contributed by atoms with Gasteiger partial charge in [0.15, 0.2) is 0 Å². The van der Waals surface area contributed by atoms with Gasteiger partial charge in [0.05, 0.1) is 0 Å². The van der Waals surface area contributed by atoms with Crippen LogP contribution >= 0.6 is 0 Å². The maximum atomic E-state index is 3.67. The second-order valence-electron chi connectivity index (χ2n) is 1.95. The van der Waals surface area contributed by atoms with Crippen LogP contribution in [0.15, 0.2) is 31.4 Å². The summed E-state index contributed by atoms with van der Waals surface area (Å²) in [6.45, 7) is 7.33. The van der Waals surface area contributed by atoms with E-state index in [1.807, 2.05) is 18.2 Å². The Morgan fingerprint density at radius 1 is 1.27 bits per heavy atom. The molecule has 1 aromatic rings. The minimum absolute atomic E-state index is 0. The van der Waals surface area contributed by atoms with Crippen LogP contribution in [0.4, 0.5) is 0 Å². The van der Waals surface area contributed by atoms with Gasteiger partial charge in [0.2, 0.25) is 0 Å². The zero-order chi connectivity index (χ0) is 7.40. The van der Waals surface area contributed by atoms with E-state index in [9.17, 15) is 0 Å². The number of hydrogen-bond acceptors (Lipinski definition) is 0. The summed E-state index contributed by atoms with van der Waals surface area (Å²) in [5, 5.41) is 0. The molecule has 0 aliphatic rings. The standard InChI is InChI=1S/C10H9.Li/c1-3-9-7-5-6-8-10(9)4-2;/h3-7H,1-2H2;/q-1;+1. The molecule has 0 aromatic heterocycles. The van der Waals surface area contributed by atoms with E-state index < -0.39 is 0 Å². The largest absolute Gasteiger partial charge is 1.00 e. The van der Waals surface area contributed by atoms with E-state index in [1.165, 1.54) is 0 Å². The van der Waals surface area contributed by atoms with Gasteiger partial charge in [0.1, 0.15) is 0 Å². The number of hydrogen-bond donors (Lipinski definition) is 0. The van der Waals surface area contributed by atoms with Crippen molar-refractivity contribution in [2.24, 2.45) is 0 Å². The minimum Gasteiger partial charge on any atom is -0.147 e. The maximum absolute atomic E-state index is 3.67. The summed E-state index contributed by atoms with van der Waals surface area (Å²) in [4.78, 5) is 0. The number of benzene rings is 1. The molecule has 0 unspecified atom stereocenters. The molecule has 1 heteroatoms. The van der Waals surface area contributed by atoms with Gasteiger partial charge in [0, 0.05) is 0 Å². The Morgan fingerprint density at radius 2 is 2.00 bits per heavy atom. The average Bonchev–Trinajstić information content (AvgIpc) is 2.04. The van der Waals surface area contributed by atoms with Crippen molar-refractivity contribution < 1.29 is 18.9 Å². The summed E-state index contributed by atoms with van der Waals surface area (Å²) in [6.07, 6.45) is 3.57. The Morgan fingerprint density at radius 3 is 2.45 bits per heavy atom. The van der Waals surface area contributed by atoms with Gasteiger partial charge < -0.3 is 0 Å². The molecule has 1 aromatic carbocycles. The van der Waals surface area contributed by atoms with Crippen LogP contribution in [-0.4, -0.2) is 0 Å². The van der Waals surface area contributed by atoms with Gasteiger partial charge in [-0.1, -0.05) is 0 Å². The second kappa shape index (κ2) is 5.02. The van der Waals surface area contributed by atoms with Crippen LogP contribution in [0.25, 0.3) is 12.2 Å². The molecule has 1 rings (SSSR count). The first kappa shape index (κ1) is 10.3. The van der Waals surface area contributed by atoms with Crippen molar-refractivity contribution in [3.05, 3.63) is 48.6 Å². The third-order valence-electron chi connectivity index (χ3n) is 1.35. The van der Waals surface area contributed by atoms with Crippen LogP contribution in [0.5, 0.6) is 0 Å². The van der Waals surface area contributed by atoms with Crippen molar-refractivity contribution in [2.45, 2.75) is 0 Å². The predicted octanol–water partition coefficient (Wildman–Crippen LogP) is -0.223. The summed E-state index contributed by atoms with van der Waals surface area (Å²) >= 11 is 0. The summed E-state index contributed by atoms with van der Waals surface area (Å²) in [7, 11) is 0. The smallest absolute Gasteiger partial charge is 0.147 e. The van der Waals surface area contributed by atoms with Crippen molar-refractivity contribution in [1.82, 2.24) is 0 Å². The first-order valence-corrected chi connectivity index (χ1v) is 3.14. The van der Waals surface area contributed by atoms with E-state index in [4.69, 9.17) is 0 Å². The average molecular weight is 136 g/mol. The van der Waals surface area contributed by atoms with Crippen molar-refractivity contribution in [2.75, 3.05) is 0 Å². The topological polar surface area (TPSA) is 0 Å². The molecule has 11 heavy (non-hydrogen) atoms. The molecule has 0 aliphatic carbocycles. The van der Waals surface area contributed by atoms with Crippen LogP contribution in [0, 0.1) is 6.07 Å². The molecule has 0 heterocycles. The van der Waals surface area contributed by atoms with E-state index in [-0.39, 0.29) is 18.9 Å². The van der Waals surface area contributed by atoms with Crippen LogP contribution in [0.3, 0.4) is 0 Å². The molecule has 0 aliphatic heterocycles. The fourth-order valence-electron chi connectivity index (χ4n) is 0.818. The van der Waals surface area contributed by atoms with Crippen LogP contribution < -0.4 is 18.9 Å². The van der Waals surface area contributed by atoms with Gasteiger partial charge in [-0.05, 0) is 0 Å². The SMILES string of the molecule is C=Cc1[c-]cccc1C=C.[Li+]. The van der Waals surface area contributed by atoms with Crippen LogP contribution in [0.2, 0.25) is 0 Å². The van der Waals surface area contributed by atoms with Gasteiger partial charge in [0.25, 0.3) is 0 Å². The minimum atomic E-state index is 0. The molecule has 0 N–H and O–H groups in total. The fourth-order valence-corrected chi connectivity index (χ4v) is 0.818. The molecule has 0 spiro atoms. The van der Waals surface area contributed by atoms with Gasteiger partial charge in [-0.3, -0.25) is 0 Å². The monoisotopic (exact) mass is 136 g/mol. The van der Waals surface area contributed by atoms with Crippen LogP contribution in [0.1, 0.15) is 11.1 Å². The van der Waals surface area contributed by atoms with Crippen molar-refractivity contribution in [1.29, 1.82) is 0 Å². The molecule has 0 saturated heterocycles. The Labute approximate surface area is 79.8 Å². The molecule has 0 bridgehead atoms. The van der Waals surface area contributed by atoms with E-state index in [0.29, 0.717) is 0 Å². The molecule has 0 saturated carbocycles. The summed E-state index contributed by atoms with van der Waals surface area (Å²) in [5.41, 5.74) is 2.09. The molecule has 0 fully saturated rings. The molecule has 0 atom stereocenters. The Balaban J connectivity index is 0.000001000. The van der Waals surface area contributed by atoms with Gasteiger partial charge in [-0.2, -0.15) is 0 Å². The van der Waals surface area contributed by atoms with E-state index in [2.05, 4.69) is 19.2 Å². The first-order chi connectivity index (χ1) is 4.88.